The van der Waals surface area contributed by atoms with Crippen molar-refractivity contribution in [3.05, 3.63) is 29.8 Å². The van der Waals surface area contributed by atoms with Crippen molar-refractivity contribution < 1.29 is 19.5 Å². The normalized spacial score (nSPS) is 17.8. The zero-order valence-corrected chi connectivity index (χ0v) is 16.3. The van der Waals surface area contributed by atoms with E-state index in [4.69, 9.17) is 5.11 Å². The van der Waals surface area contributed by atoms with Crippen LogP contribution in [0.4, 0.5) is 10.8 Å². The number of carbonyl (C=O) groups excluding carboxylic acids is 2. The second-order valence-corrected chi connectivity index (χ2v) is 8.77. The average molecular weight is 406 g/mol. The number of aliphatic carboxylic acids is 1. The lowest BCUT2D eigenvalue weighted by atomic mass is 10.1. The Bertz CT molecular complexity index is 885. The van der Waals surface area contributed by atoms with Gasteiger partial charge >= 0.3 is 5.97 Å². The van der Waals surface area contributed by atoms with Gasteiger partial charge in [-0.15, -0.1) is 10.2 Å². The average Bonchev–Trinajstić information content (AvgIpc) is 3.21. The zero-order valence-electron chi connectivity index (χ0n) is 14.7. The van der Waals surface area contributed by atoms with Crippen LogP contribution in [0.5, 0.6) is 0 Å². The van der Waals surface area contributed by atoms with E-state index in [-0.39, 0.29) is 18.2 Å². The highest BCUT2D eigenvalue weighted by Crippen LogP contribution is 2.30. The van der Waals surface area contributed by atoms with Crippen molar-refractivity contribution in [3.8, 4) is 0 Å². The van der Waals surface area contributed by atoms with Gasteiger partial charge in [0.1, 0.15) is 5.25 Å². The summed E-state index contributed by atoms with van der Waals surface area (Å²) in [6.45, 7) is 3.81. The van der Waals surface area contributed by atoms with E-state index < -0.39 is 17.1 Å². The first-order valence-corrected chi connectivity index (χ1v) is 9.94. The third-order valence-corrected chi connectivity index (χ3v) is 6.08. The molecule has 27 heavy (non-hydrogen) atoms. The number of benzene rings is 1. The van der Waals surface area contributed by atoms with Crippen LogP contribution < -0.4 is 10.2 Å². The smallest absolute Gasteiger partial charge is 0.316 e. The van der Waals surface area contributed by atoms with Gasteiger partial charge in [0.25, 0.3) is 0 Å². The second-order valence-electron chi connectivity index (χ2n) is 6.21. The van der Waals surface area contributed by atoms with Crippen molar-refractivity contribution in [1.29, 1.82) is 0 Å². The molecule has 0 aliphatic carbocycles. The van der Waals surface area contributed by atoms with Crippen LogP contribution in [-0.2, 0) is 14.4 Å². The monoisotopic (exact) mass is 406 g/mol. The van der Waals surface area contributed by atoms with Gasteiger partial charge in [0.15, 0.2) is 4.34 Å². The number of carbonyl (C=O) groups is 3. The molecule has 2 aromatic rings. The molecule has 10 heteroatoms. The molecular formula is C17H18N4O4S2. The van der Waals surface area contributed by atoms with E-state index in [1.165, 1.54) is 0 Å². The fourth-order valence-corrected chi connectivity index (χ4v) is 4.48. The van der Waals surface area contributed by atoms with Crippen molar-refractivity contribution >= 4 is 51.7 Å². The summed E-state index contributed by atoms with van der Waals surface area (Å²) in [5.74, 6) is -1.81. The summed E-state index contributed by atoms with van der Waals surface area (Å²) >= 11 is 2.18. The van der Waals surface area contributed by atoms with Gasteiger partial charge in [-0.2, -0.15) is 0 Å². The lowest BCUT2D eigenvalue weighted by molar-refractivity contribution is -0.136. The van der Waals surface area contributed by atoms with E-state index in [2.05, 4.69) is 15.5 Å². The van der Waals surface area contributed by atoms with Crippen LogP contribution in [0.25, 0.3) is 0 Å². The number of nitrogens with one attached hydrogen (secondary N) is 1. The van der Waals surface area contributed by atoms with Gasteiger partial charge in [0, 0.05) is 18.7 Å². The lowest BCUT2D eigenvalue weighted by Crippen LogP contribution is -2.28. The standard InChI is InChI=1S/C17H18N4O4S2/c1-9-4-3-5-12(6-9)21-8-11(7-13(21)22)14(23)18-16-19-20-17(27-16)26-10(2)15(24)25/h3-6,10-11H,7-8H2,1-2H3,(H,24,25)(H,18,19,23)/t10-,11-/m0/s1. The second kappa shape index (κ2) is 8.05. The molecule has 1 saturated heterocycles. The summed E-state index contributed by atoms with van der Waals surface area (Å²) < 4.78 is 0.462. The van der Waals surface area contributed by atoms with Gasteiger partial charge in [0.2, 0.25) is 16.9 Å². The number of hydrogen-bond donors (Lipinski definition) is 2. The van der Waals surface area contributed by atoms with Gasteiger partial charge in [-0.3, -0.25) is 14.4 Å². The van der Waals surface area contributed by atoms with Gasteiger partial charge in [-0.25, -0.2) is 0 Å². The molecule has 2 N–H and O–H groups in total. The van der Waals surface area contributed by atoms with Crippen molar-refractivity contribution in [1.82, 2.24) is 10.2 Å². The van der Waals surface area contributed by atoms with E-state index in [0.29, 0.717) is 16.0 Å². The third-order valence-electron chi connectivity index (χ3n) is 4.07. The number of thioether (sulfide) groups is 1. The Labute approximate surface area is 164 Å². The molecule has 0 spiro atoms. The molecule has 8 nitrogen and oxygen atoms in total. The number of nitrogens with zero attached hydrogens (tertiary/aromatic N) is 3. The molecule has 0 radical (unpaired) electrons. The number of carboxylic acids is 1. The summed E-state index contributed by atoms with van der Waals surface area (Å²) in [6.07, 6.45) is 0.135. The van der Waals surface area contributed by atoms with E-state index in [1.54, 1.807) is 11.8 Å². The maximum absolute atomic E-state index is 12.5. The molecule has 3 rings (SSSR count). The quantitative estimate of drug-likeness (QED) is 0.559. The maximum atomic E-state index is 12.5. The van der Waals surface area contributed by atoms with Crippen molar-refractivity contribution in [3.63, 3.8) is 0 Å². The van der Waals surface area contributed by atoms with E-state index >= 15 is 0 Å². The first-order chi connectivity index (χ1) is 12.8. The third kappa shape index (κ3) is 4.64. The van der Waals surface area contributed by atoms with Crippen LogP contribution in [0.1, 0.15) is 18.9 Å². The van der Waals surface area contributed by atoms with E-state index in [1.807, 2.05) is 31.2 Å². The van der Waals surface area contributed by atoms with Crippen molar-refractivity contribution in [2.45, 2.75) is 29.9 Å². The molecule has 2 heterocycles. The summed E-state index contributed by atoms with van der Waals surface area (Å²) in [7, 11) is 0. The number of aryl methyl sites for hydroxylation is 1. The zero-order chi connectivity index (χ0) is 19.6. The van der Waals surface area contributed by atoms with Crippen LogP contribution in [0, 0.1) is 12.8 Å². The maximum Gasteiger partial charge on any atom is 0.316 e. The van der Waals surface area contributed by atoms with E-state index in [9.17, 15) is 14.4 Å². The van der Waals surface area contributed by atoms with Crippen LogP contribution in [-0.4, -0.2) is 44.9 Å². The summed E-state index contributed by atoms with van der Waals surface area (Å²) in [5.41, 5.74) is 1.83. The highest BCUT2D eigenvalue weighted by atomic mass is 32.2. The molecule has 142 valence electrons. The van der Waals surface area contributed by atoms with Gasteiger partial charge in [-0.1, -0.05) is 35.2 Å². The van der Waals surface area contributed by atoms with Crippen LogP contribution in [0.3, 0.4) is 0 Å². The van der Waals surface area contributed by atoms with Gasteiger partial charge < -0.3 is 15.3 Å². The minimum absolute atomic E-state index is 0.0930. The Hall–Kier alpha value is -2.46. The largest absolute Gasteiger partial charge is 0.480 e. The Kier molecular flexibility index (Phi) is 5.76. The fourth-order valence-electron chi connectivity index (χ4n) is 2.65. The summed E-state index contributed by atoms with van der Waals surface area (Å²) in [6, 6.07) is 7.59. The number of aromatic nitrogens is 2. The molecule has 1 aromatic heterocycles. The molecule has 1 aliphatic rings. The number of amides is 2. The number of hydrogen-bond acceptors (Lipinski definition) is 7. The minimum atomic E-state index is -0.943. The molecule has 1 aliphatic heterocycles. The highest BCUT2D eigenvalue weighted by molar-refractivity contribution is 8.02. The molecule has 2 amide bonds. The van der Waals surface area contributed by atoms with Crippen LogP contribution in [0.15, 0.2) is 28.6 Å². The Morgan fingerprint density at radius 2 is 2.19 bits per heavy atom. The Balaban J connectivity index is 1.61. The highest BCUT2D eigenvalue weighted by Gasteiger charge is 2.35. The van der Waals surface area contributed by atoms with Gasteiger partial charge in [-0.05, 0) is 31.5 Å². The van der Waals surface area contributed by atoms with E-state index in [0.717, 1.165) is 34.3 Å². The van der Waals surface area contributed by atoms with Crippen molar-refractivity contribution in [2.75, 3.05) is 16.8 Å². The summed E-state index contributed by atoms with van der Waals surface area (Å²) in [5, 5.41) is 19.0. The SMILES string of the molecule is Cc1cccc(N2C[C@@H](C(=O)Nc3nnc(S[C@@H](C)C(=O)O)s3)CC2=O)c1. The van der Waals surface area contributed by atoms with Gasteiger partial charge in [0.05, 0.1) is 5.92 Å². The molecule has 1 fully saturated rings. The number of carboxylic acid groups (broad SMARTS) is 1. The predicted octanol–water partition coefficient (Wildman–Crippen LogP) is 2.40. The number of rotatable bonds is 6. The Morgan fingerprint density at radius 1 is 1.41 bits per heavy atom. The first-order valence-electron chi connectivity index (χ1n) is 8.24. The fraction of sp³-hybridized carbons (Fsp3) is 0.353. The molecule has 0 saturated carbocycles. The molecule has 0 bridgehead atoms. The van der Waals surface area contributed by atoms with Crippen LogP contribution in [0.2, 0.25) is 0 Å². The van der Waals surface area contributed by atoms with Crippen molar-refractivity contribution in [2.24, 2.45) is 5.92 Å². The Morgan fingerprint density at radius 3 is 2.89 bits per heavy atom. The summed E-state index contributed by atoms with van der Waals surface area (Å²) in [4.78, 5) is 37.3. The first kappa shape index (κ1) is 19.3. The molecular weight excluding hydrogens is 388 g/mol. The lowest BCUT2D eigenvalue weighted by Gasteiger charge is -2.17. The number of anilines is 2. The van der Waals surface area contributed by atoms with Crippen LogP contribution >= 0.6 is 23.1 Å². The molecule has 2 atom stereocenters. The topological polar surface area (TPSA) is 112 Å². The molecule has 1 aromatic carbocycles. The molecule has 0 unspecified atom stereocenters. The predicted molar refractivity (Wildman–Crippen MR) is 103 cm³/mol. The minimum Gasteiger partial charge on any atom is -0.480 e.